The Morgan fingerprint density at radius 1 is 0.756 bits per heavy atom. The van der Waals surface area contributed by atoms with Crippen molar-refractivity contribution in [2.45, 2.75) is 63.2 Å². The molecule has 0 bridgehead atoms. The van der Waals surface area contributed by atoms with Crippen molar-refractivity contribution in [3.8, 4) is 28.7 Å². The Bertz CT molecular complexity index is 1380. The SMILES string of the molecule is CCCOc1c(OCc2ccccc2)cc(C2CCC(c3cc(OC)c(OC)c(OC)c3)O2)cc1S(=O)(=O)CCC. The third kappa shape index (κ3) is 7.08. The Kier molecular flexibility index (Phi) is 10.4. The molecule has 1 heterocycles. The zero-order valence-corrected chi connectivity index (χ0v) is 25.3. The number of benzene rings is 3. The largest absolute Gasteiger partial charge is 0.493 e. The maximum absolute atomic E-state index is 13.5. The number of hydrogen-bond acceptors (Lipinski definition) is 8. The maximum Gasteiger partial charge on any atom is 0.203 e. The van der Waals surface area contributed by atoms with E-state index in [1.54, 1.807) is 27.4 Å². The number of sulfone groups is 1. The molecular formula is C32H40O8S. The predicted octanol–water partition coefficient (Wildman–Crippen LogP) is 6.86. The molecule has 0 N–H and O–H groups in total. The van der Waals surface area contributed by atoms with Crippen molar-refractivity contribution in [3.05, 3.63) is 71.3 Å². The second-order valence-corrected chi connectivity index (χ2v) is 12.0. The first-order chi connectivity index (χ1) is 19.8. The molecule has 9 heteroatoms. The van der Waals surface area contributed by atoms with E-state index in [2.05, 4.69) is 0 Å². The van der Waals surface area contributed by atoms with Crippen molar-refractivity contribution in [2.24, 2.45) is 0 Å². The first kappa shape index (κ1) is 30.5. The molecule has 3 aromatic rings. The van der Waals surface area contributed by atoms with Crippen LogP contribution >= 0.6 is 0 Å². The number of methoxy groups -OCH3 is 3. The van der Waals surface area contributed by atoms with Gasteiger partial charge < -0.3 is 28.4 Å². The molecule has 0 aromatic heterocycles. The van der Waals surface area contributed by atoms with Crippen molar-refractivity contribution in [1.82, 2.24) is 0 Å². The first-order valence-corrected chi connectivity index (χ1v) is 15.7. The summed E-state index contributed by atoms with van der Waals surface area (Å²) in [5.74, 6) is 2.29. The molecule has 0 saturated carbocycles. The van der Waals surface area contributed by atoms with Gasteiger partial charge in [-0.3, -0.25) is 0 Å². The fraction of sp³-hybridized carbons (Fsp3) is 0.438. The third-order valence-electron chi connectivity index (χ3n) is 6.99. The summed E-state index contributed by atoms with van der Waals surface area (Å²) in [6.45, 7) is 4.48. The van der Waals surface area contributed by atoms with E-state index in [4.69, 9.17) is 28.4 Å². The molecule has 3 aromatic carbocycles. The van der Waals surface area contributed by atoms with Crippen LogP contribution in [-0.2, 0) is 21.2 Å². The van der Waals surface area contributed by atoms with Crippen molar-refractivity contribution in [3.63, 3.8) is 0 Å². The molecule has 2 unspecified atom stereocenters. The lowest BCUT2D eigenvalue weighted by Crippen LogP contribution is -2.12. The van der Waals surface area contributed by atoms with Gasteiger partial charge in [-0.2, -0.15) is 0 Å². The van der Waals surface area contributed by atoms with Crippen molar-refractivity contribution < 1.29 is 36.8 Å². The highest BCUT2D eigenvalue weighted by molar-refractivity contribution is 7.91. The van der Waals surface area contributed by atoms with E-state index in [-0.39, 0.29) is 35.2 Å². The smallest absolute Gasteiger partial charge is 0.203 e. The third-order valence-corrected chi connectivity index (χ3v) is 8.91. The Morgan fingerprint density at radius 2 is 1.37 bits per heavy atom. The lowest BCUT2D eigenvalue weighted by atomic mass is 10.0. The van der Waals surface area contributed by atoms with Gasteiger partial charge in [-0.05, 0) is 66.6 Å². The fourth-order valence-electron chi connectivity index (χ4n) is 5.00. The molecule has 0 amide bonds. The quantitative estimate of drug-likeness (QED) is 0.203. The summed E-state index contributed by atoms with van der Waals surface area (Å²) in [5.41, 5.74) is 2.60. The van der Waals surface area contributed by atoms with Gasteiger partial charge in [0, 0.05) is 0 Å². The monoisotopic (exact) mass is 584 g/mol. The summed E-state index contributed by atoms with van der Waals surface area (Å²) in [7, 11) is 1.10. The summed E-state index contributed by atoms with van der Waals surface area (Å²) < 4.78 is 62.3. The molecule has 1 aliphatic heterocycles. The average molecular weight is 585 g/mol. The zero-order chi connectivity index (χ0) is 29.4. The van der Waals surface area contributed by atoms with Gasteiger partial charge in [0.05, 0.1) is 45.9 Å². The molecular weight excluding hydrogens is 544 g/mol. The van der Waals surface area contributed by atoms with Crippen molar-refractivity contribution >= 4 is 9.84 Å². The Hall–Kier alpha value is -3.43. The molecule has 0 aliphatic carbocycles. The summed E-state index contributed by atoms with van der Waals surface area (Å²) in [6, 6.07) is 17.1. The Balaban J connectivity index is 1.72. The standard InChI is InChI=1S/C32H40O8S/c1-6-15-38-32-29(39-21-22-11-9-8-10-12-22)19-24(20-30(32)41(33,34)16-7-2)26-14-13-25(40-26)23-17-27(35-3)31(37-5)28(18-23)36-4/h8-12,17-20,25-26H,6-7,13-16,21H2,1-5H3. The van der Waals surface area contributed by atoms with Gasteiger partial charge >= 0.3 is 0 Å². The second kappa shape index (κ2) is 14.0. The van der Waals surface area contributed by atoms with Crippen LogP contribution in [0.25, 0.3) is 0 Å². The van der Waals surface area contributed by atoms with E-state index in [1.165, 1.54) is 0 Å². The number of rotatable bonds is 14. The van der Waals surface area contributed by atoms with E-state index in [0.29, 0.717) is 42.4 Å². The van der Waals surface area contributed by atoms with E-state index in [1.807, 2.05) is 62.4 Å². The van der Waals surface area contributed by atoms with Gasteiger partial charge in [-0.15, -0.1) is 0 Å². The van der Waals surface area contributed by atoms with Gasteiger partial charge in [-0.25, -0.2) is 8.42 Å². The Morgan fingerprint density at radius 3 is 1.93 bits per heavy atom. The van der Waals surface area contributed by atoms with Crippen molar-refractivity contribution in [2.75, 3.05) is 33.7 Å². The molecule has 8 nitrogen and oxygen atoms in total. The normalized spacial score (nSPS) is 16.8. The molecule has 4 rings (SSSR count). The van der Waals surface area contributed by atoms with Crippen LogP contribution in [0.1, 0.15) is 68.4 Å². The molecule has 1 fully saturated rings. The van der Waals surface area contributed by atoms with Crippen LogP contribution in [0.4, 0.5) is 0 Å². The minimum absolute atomic E-state index is 0.0106. The first-order valence-electron chi connectivity index (χ1n) is 14.0. The van der Waals surface area contributed by atoms with Crippen LogP contribution in [0.5, 0.6) is 28.7 Å². The van der Waals surface area contributed by atoms with E-state index >= 15 is 0 Å². The molecule has 2 atom stereocenters. The summed E-state index contributed by atoms with van der Waals surface area (Å²) in [6.07, 6.45) is 2.07. The van der Waals surface area contributed by atoms with Crippen LogP contribution in [0.2, 0.25) is 0 Å². The van der Waals surface area contributed by atoms with E-state index < -0.39 is 9.84 Å². The fourth-order valence-corrected chi connectivity index (χ4v) is 6.51. The van der Waals surface area contributed by atoms with Gasteiger partial charge in [0.25, 0.3) is 0 Å². The lowest BCUT2D eigenvalue weighted by molar-refractivity contribution is 0.0434. The molecule has 0 spiro atoms. The highest BCUT2D eigenvalue weighted by Gasteiger charge is 2.32. The molecule has 0 radical (unpaired) electrons. The van der Waals surface area contributed by atoms with Gasteiger partial charge in [0.15, 0.2) is 32.8 Å². The van der Waals surface area contributed by atoms with Gasteiger partial charge in [0.1, 0.15) is 11.5 Å². The van der Waals surface area contributed by atoms with Crippen LogP contribution in [-0.4, -0.2) is 42.1 Å². The molecule has 222 valence electrons. The number of hydrogen-bond donors (Lipinski definition) is 0. The maximum atomic E-state index is 13.5. The highest BCUT2D eigenvalue weighted by atomic mass is 32.2. The minimum Gasteiger partial charge on any atom is -0.493 e. The summed E-state index contributed by atoms with van der Waals surface area (Å²) in [4.78, 5) is 0.146. The molecule has 1 aliphatic rings. The molecule has 41 heavy (non-hydrogen) atoms. The van der Waals surface area contributed by atoms with Crippen LogP contribution in [0.3, 0.4) is 0 Å². The van der Waals surface area contributed by atoms with Crippen molar-refractivity contribution in [1.29, 1.82) is 0 Å². The van der Waals surface area contributed by atoms with Gasteiger partial charge in [0.2, 0.25) is 5.75 Å². The zero-order valence-electron chi connectivity index (χ0n) is 24.5. The second-order valence-electron chi connectivity index (χ2n) is 9.94. The lowest BCUT2D eigenvalue weighted by Gasteiger charge is -2.21. The minimum atomic E-state index is -3.63. The average Bonchev–Trinajstić information content (AvgIpc) is 3.49. The Labute approximate surface area is 243 Å². The van der Waals surface area contributed by atoms with E-state index in [0.717, 1.165) is 29.5 Å². The van der Waals surface area contributed by atoms with E-state index in [9.17, 15) is 8.42 Å². The topological polar surface area (TPSA) is 89.5 Å². The van der Waals surface area contributed by atoms with Crippen LogP contribution < -0.4 is 23.7 Å². The predicted molar refractivity (Wildman–Crippen MR) is 157 cm³/mol. The molecule has 1 saturated heterocycles. The number of ether oxygens (including phenoxy) is 6. The summed E-state index contributed by atoms with van der Waals surface area (Å²) >= 11 is 0. The van der Waals surface area contributed by atoms with Crippen LogP contribution in [0, 0.1) is 0 Å². The summed E-state index contributed by atoms with van der Waals surface area (Å²) in [5, 5.41) is 0. The highest BCUT2D eigenvalue weighted by Crippen LogP contribution is 2.48. The van der Waals surface area contributed by atoms with Gasteiger partial charge in [-0.1, -0.05) is 44.2 Å². The van der Waals surface area contributed by atoms with Crippen LogP contribution in [0.15, 0.2) is 59.5 Å².